The molecule has 0 spiro atoms. The van der Waals surface area contributed by atoms with Crippen LogP contribution in [0.2, 0.25) is 87.6 Å². The zero-order chi connectivity index (χ0) is 68.5. The van der Waals surface area contributed by atoms with Crippen LogP contribution in [0.1, 0.15) is 135 Å². The second-order valence-electron chi connectivity index (χ2n) is 27.0. The van der Waals surface area contributed by atoms with E-state index >= 15 is 0 Å². The lowest BCUT2D eigenvalue weighted by molar-refractivity contribution is -0.102. The minimum absolute atomic E-state index is 0.0847. The van der Waals surface area contributed by atoms with E-state index in [0.29, 0.717) is 51.4 Å². The predicted molar refractivity (Wildman–Crippen MR) is 359 cm³/mol. The maximum atomic E-state index is 9.83. The summed E-state index contributed by atoms with van der Waals surface area (Å²) < 4.78 is 54.2. The molecule has 86 heavy (non-hydrogen) atoms. The summed E-state index contributed by atoms with van der Waals surface area (Å²) in [4.78, 5) is 9.64. The molecule has 11 N–H and O–H groups in total. The predicted octanol–water partition coefficient (Wildman–Crippen LogP) is 7.94. The molecule has 0 saturated carbocycles. The second kappa shape index (κ2) is 48.0. The van der Waals surface area contributed by atoms with Gasteiger partial charge in [-0.15, -0.1) is 0 Å². The van der Waals surface area contributed by atoms with Gasteiger partial charge in [-0.3, -0.25) is 0 Å². The number of aliphatic hydroxyl groups is 10. The van der Waals surface area contributed by atoms with E-state index in [0.717, 1.165) is 68.4 Å². The molecule has 14 atom stereocenters. The smallest absolute Gasteiger partial charge is 0.332 e. The molecule has 0 bridgehead atoms. The molecule has 0 radical (unpaired) electrons. The average Bonchev–Trinajstić information content (AvgIpc) is 3.46. The first-order valence-electron chi connectivity index (χ1n) is 31.5. The lowest BCUT2D eigenvalue weighted by atomic mass is 10.0. The third-order valence-corrected chi connectivity index (χ3v) is 33.0. The van der Waals surface area contributed by atoms with Crippen molar-refractivity contribution in [2.75, 3.05) is 102 Å². The first kappa shape index (κ1) is 94.9. The van der Waals surface area contributed by atoms with E-state index < -0.39 is 100 Å². The Morgan fingerprint density at radius 2 is 0.605 bits per heavy atom. The summed E-state index contributed by atoms with van der Waals surface area (Å²) in [5.41, 5.74) is -5.87. The molecule has 526 valence electrons. The number of hydrogen-bond donors (Lipinski definition) is 11. The number of ether oxygens (including phenoxy) is 5. The van der Waals surface area contributed by atoms with Gasteiger partial charge in [-0.25, -0.2) is 0 Å². The van der Waals surface area contributed by atoms with E-state index in [-0.39, 0.29) is 33.0 Å². The van der Waals surface area contributed by atoms with Crippen molar-refractivity contribution in [1.29, 1.82) is 0 Å². The number of rotatable bonds is 45. The van der Waals surface area contributed by atoms with Crippen molar-refractivity contribution >= 4 is 41.8 Å². The van der Waals surface area contributed by atoms with Gasteiger partial charge in [-0.1, -0.05) is 34.1 Å². The molecule has 14 unspecified atom stereocenters. The van der Waals surface area contributed by atoms with E-state index in [9.17, 15) is 55.9 Å². The van der Waals surface area contributed by atoms with Gasteiger partial charge in [0.15, 0.2) is 33.3 Å². The van der Waals surface area contributed by atoms with Crippen LogP contribution in [0.4, 0.5) is 0 Å². The average molecular weight is 1340 g/mol. The Morgan fingerprint density at radius 3 is 0.826 bits per heavy atom. The van der Waals surface area contributed by atoms with Crippen LogP contribution in [0.15, 0.2) is 0 Å². The Balaban J connectivity index is -0.000000318. The SMILES string of the molecule is CCC[Si](C)(CCCOCC(C)(O)C(C)O)OC.CC[Si](C)(CCCOCC(C)(O)C(C)O)OC.CO[Si](C)(C)CCCOCC(C)(O)C(C)O.CO[Si](C)(CCCOCC(C)(O)C(C)O)CC(C)C.CO[Si](C)(O)CCCOCC(C)(O)C(C)O. The first-order valence-corrected chi connectivity index (χ1v) is 45.6. The fourth-order valence-corrected chi connectivity index (χ4v) is 17.1. The second-order valence-corrected chi connectivity index (χ2v) is 47.7. The Labute approximate surface area is 530 Å². The van der Waals surface area contributed by atoms with E-state index in [1.54, 1.807) is 83.3 Å². The summed E-state index contributed by atoms with van der Waals surface area (Å²) in [6, 6.07) is 8.29. The van der Waals surface area contributed by atoms with Crippen molar-refractivity contribution in [2.45, 2.75) is 282 Å². The van der Waals surface area contributed by atoms with Crippen molar-refractivity contribution < 1.29 is 102 Å². The third kappa shape index (κ3) is 50.8. The summed E-state index contributed by atoms with van der Waals surface area (Å²) in [5.74, 6) is 0.661. The van der Waals surface area contributed by atoms with Crippen molar-refractivity contribution in [3.05, 3.63) is 0 Å². The highest BCUT2D eigenvalue weighted by atomic mass is 28.4. The molecule has 0 aliphatic rings. The van der Waals surface area contributed by atoms with Gasteiger partial charge in [0.2, 0.25) is 0 Å². The molecule has 0 aromatic heterocycles. The van der Waals surface area contributed by atoms with Crippen LogP contribution in [0.25, 0.3) is 0 Å². The Morgan fingerprint density at radius 1 is 0.349 bits per heavy atom. The Hall–Kier alpha value is 0.244. The highest BCUT2D eigenvalue weighted by Gasteiger charge is 2.33. The summed E-state index contributed by atoms with van der Waals surface area (Å²) in [6.45, 7) is 40.8. The van der Waals surface area contributed by atoms with E-state index in [1.807, 2.05) is 7.11 Å². The Kier molecular flexibility index (Phi) is 53.0. The van der Waals surface area contributed by atoms with Crippen LogP contribution in [0, 0.1) is 5.92 Å². The van der Waals surface area contributed by atoms with Gasteiger partial charge in [0.25, 0.3) is 0 Å². The molecule has 26 heteroatoms. The fraction of sp³-hybridized carbons (Fsp3) is 1.00. The minimum atomic E-state index is -2.49. The zero-order valence-electron chi connectivity index (χ0n) is 59.4. The molecular formula is C60H140O21Si5. The van der Waals surface area contributed by atoms with Crippen LogP contribution in [0.5, 0.6) is 0 Å². The van der Waals surface area contributed by atoms with Crippen molar-refractivity contribution in [3.63, 3.8) is 0 Å². The minimum Gasteiger partial charge on any atom is -0.420 e. The topological polar surface area (TPSA) is 315 Å². The van der Waals surface area contributed by atoms with E-state index in [2.05, 4.69) is 60.4 Å². The largest absolute Gasteiger partial charge is 0.420 e. The summed E-state index contributed by atoms with van der Waals surface area (Å²) in [7, 11) is 0.0571. The molecule has 0 rings (SSSR count). The molecule has 0 heterocycles. The highest BCUT2D eigenvalue weighted by Crippen LogP contribution is 2.25. The van der Waals surface area contributed by atoms with E-state index in [1.165, 1.54) is 27.0 Å². The number of aliphatic hydroxyl groups excluding tert-OH is 5. The first-order chi connectivity index (χ1) is 39.1. The zero-order valence-corrected chi connectivity index (χ0v) is 64.4. The lowest BCUT2D eigenvalue weighted by Crippen LogP contribution is -2.42. The maximum Gasteiger partial charge on any atom is 0.332 e. The summed E-state index contributed by atoms with van der Waals surface area (Å²) in [6.07, 6.45) is 1.66. The van der Waals surface area contributed by atoms with Crippen molar-refractivity contribution in [2.24, 2.45) is 5.92 Å². The molecule has 0 fully saturated rings. The molecule has 0 aromatic rings. The van der Waals surface area contributed by atoms with Gasteiger partial charge >= 0.3 is 8.56 Å². The normalized spacial score (nSPS) is 20.1. The molecule has 21 nitrogen and oxygen atoms in total. The van der Waals surface area contributed by atoms with Gasteiger partial charge in [0, 0.05) is 68.6 Å². The molecule has 0 aliphatic heterocycles. The molecule has 0 aromatic carbocycles. The van der Waals surface area contributed by atoms with Gasteiger partial charge < -0.3 is 102 Å². The standard InChI is InChI=1S/C14H32O4Si.C13H30O4Si.C12H28O4Si.C11H26O4Si.C10H24O5Si/c1-12(2)10-19(6,17-5)9-7-8-18-11-14(4,16)13(3)15;1-6-9-18(5,16-4)10-7-8-17-11-13(3,15)12(2)14;1-6-17(5,15-4)9-7-8-16-10-12(3,14)11(2)13;1-10(12)11(2,13)9-15-7-6-8-16(4,5)14-3;1-9(11)10(2,12)8-15-6-5-7-16(4,13)14-3/h12-13,15-16H,7-11H2,1-6H3;12,14-15H,6-11H2,1-5H3;11,13-14H,6-10H2,1-5H3;10,12-13H,6-9H2,1-5H3;9,11-13H,5-8H2,1-4H3. The van der Waals surface area contributed by atoms with Crippen LogP contribution in [-0.2, 0) is 45.8 Å². The van der Waals surface area contributed by atoms with Crippen LogP contribution in [-0.4, -0.2) is 258 Å². The van der Waals surface area contributed by atoms with Crippen molar-refractivity contribution in [1.82, 2.24) is 0 Å². The highest BCUT2D eigenvalue weighted by molar-refractivity contribution is 6.73. The quantitative estimate of drug-likeness (QED) is 0.0204. The summed E-state index contributed by atoms with van der Waals surface area (Å²) in [5, 5.41) is 95.2. The van der Waals surface area contributed by atoms with Gasteiger partial charge in [0.1, 0.15) is 28.0 Å². The van der Waals surface area contributed by atoms with E-state index in [4.69, 9.17) is 45.8 Å². The van der Waals surface area contributed by atoms with Crippen molar-refractivity contribution in [3.8, 4) is 0 Å². The van der Waals surface area contributed by atoms with Gasteiger partial charge in [0.05, 0.1) is 63.6 Å². The third-order valence-electron chi connectivity index (χ3n) is 16.3. The van der Waals surface area contributed by atoms with Crippen LogP contribution >= 0.6 is 0 Å². The lowest BCUT2D eigenvalue weighted by Gasteiger charge is -2.28. The fourth-order valence-electron chi connectivity index (χ4n) is 7.38. The maximum absolute atomic E-state index is 9.83. The van der Waals surface area contributed by atoms with Crippen LogP contribution in [0.3, 0.4) is 0 Å². The Bertz CT molecular complexity index is 1520. The number of hydrogen-bond acceptors (Lipinski definition) is 21. The summed E-state index contributed by atoms with van der Waals surface area (Å²) >= 11 is 0. The molecular weight excluding hydrogens is 1200 g/mol. The molecule has 0 saturated heterocycles. The van der Waals surface area contributed by atoms with Gasteiger partial charge in [-0.05, 0) is 195 Å². The molecule has 0 aliphatic carbocycles. The monoisotopic (exact) mass is 1340 g/mol. The van der Waals surface area contributed by atoms with Gasteiger partial charge in [-0.2, -0.15) is 0 Å². The molecule has 0 amide bonds. The van der Waals surface area contributed by atoms with Crippen LogP contribution < -0.4 is 0 Å².